The van der Waals surface area contributed by atoms with Gasteiger partial charge >= 0.3 is 0 Å². The SMILES string of the molecule is Cc1ccc(-c2nc(N)nc3c2cnn3Cc2cccc(OCCCCC(=O)NO)n2)o1. The molecule has 0 aliphatic heterocycles. The zero-order valence-electron chi connectivity index (χ0n) is 17.5. The van der Waals surface area contributed by atoms with Crippen LogP contribution in [0.25, 0.3) is 22.5 Å². The number of hydrogen-bond acceptors (Lipinski definition) is 9. The number of nitrogens with two attached hydrogens (primary N) is 1. The van der Waals surface area contributed by atoms with Crippen molar-refractivity contribution in [2.45, 2.75) is 32.7 Å². The molecular weight excluding hydrogens is 414 g/mol. The van der Waals surface area contributed by atoms with Crippen LogP contribution in [0.2, 0.25) is 0 Å². The number of amides is 1. The number of nitrogens with one attached hydrogen (secondary N) is 1. The van der Waals surface area contributed by atoms with E-state index in [9.17, 15) is 4.79 Å². The van der Waals surface area contributed by atoms with Crippen molar-refractivity contribution in [2.75, 3.05) is 12.3 Å². The topological polar surface area (TPSA) is 154 Å². The van der Waals surface area contributed by atoms with Gasteiger partial charge in [-0.3, -0.25) is 10.0 Å². The van der Waals surface area contributed by atoms with E-state index in [4.69, 9.17) is 20.1 Å². The molecule has 4 N–H and O–H groups in total. The second-order valence-corrected chi connectivity index (χ2v) is 7.19. The number of fused-ring (bicyclic) bond motifs is 1. The molecule has 4 aromatic rings. The van der Waals surface area contributed by atoms with Crippen molar-refractivity contribution in [3.05, 3.63) is 48.0 Å². The van der Waals surface area contributed by atoms with E-state index in [0.29, 0.717) is 49.0 Å². The van der Waals surface area contributed by atoms with E-state index in [2.05, 4.69) is 20.1 Å². The lowest BCUT2D eigenvalue weighted by Gasteiger charge is -2.08. The van der Waals surface area contributed by atoms with Crippen molar-refractivity contribution < 1.29 is 19.2 Å². The number of rotatable bonds is 9. The Labute approximate surface area is 183 Å². The highest BCUT2D eigenvalue weighted by Gasteiger charge is 2.16. The van der Waals surface area contributed by atoms with Crippen LogP contribution in [0.4, 0.5) is 5.95 Å². The van der Waals surface area contributed by atoms with E-state index in [1.165, 1.54) is 0 Å². The van der Waals surface area contributed by atoms with Gasteiger partial charge in [-0.25, -0.2) is 20.1 Å². The molecule has 0 unspecified atom stereocenters. The molecule has 0 spiro atoms. The predicted octanol–water partition coefficient (Wildman–Crippen LogP) is 2.47. The number of carbonyl (C=O) groups excluding carboxylic acids is 1. The number of aryl methyl sites for hydroxylation is 1. The summed E-state index contributed by atoms with van der Waals surface area (Å²) in [5, 5.41) is 13.7. The fraction of sp³-hybridized carbons (Fsp3) is 0.286. The Bertz CT molecular complexity index is 1230. The van der Waals surface area contributed by atoms with Gasteiger partial charge in [0.15, 0.2) is 11.4 Å². The maximum atomic E-state index is 11.0. The zero-order chi connectivity index (χ0) is 22.5. The Morgan fingerprint density at radius 2 is 2.09 bits per heavy atom. The summed E-state index contributed by atoms with van der Waals surface area (Å²) in [5.41, 5.74) is 9.46. The molecule has 4 heterocycles. The molecule has 0 fully saturated rings. The highest BCUT2D eigenvalue weighted by atomic mass is 16.5. The normalized spacial score (nSPS) is 11.1. The van der Waals surface area contributed by atoms with E-state index >= 15 is 0 Å². The number of hydrogen-bond donors (Lipinski definition) is 3. The predicted molar refractivity (Wildman–Crippen MR) is 115 cm³/mol. The van der Waals surface area contributed by atoms with Crippen LogP contribution in [-0.2, 0) is 11.3 Å². The second kappa shape index (κ2) is 9.43. The summed E-state index contributed by atoms with van der Waals surface area (Å²) in [5.74, 6) is 1.57. The molecule has 1 amide bonds. The van der Waals surface area contributed by atoms with Crippen molar-refractivity contribution in [3.8, 4) is 17.3 Å². The molecule has 4 aromatic heterocycles. The van der Waals surface area contributed by atoms with Crippen LogP contribution < -0.4 is 16.0 Å². The maximum absolute atomic E-state index is 11.0. The maximum Gasteiger partial charge on any atom is 0.243 e. The number of aromatic nitrogens is 5. The highest BCUT2D eigenvalue weighted by molar-refractivity contribution is 5.89. The van der Waals surface area contributed by atoms with Crippen LogP contribution in [0.3, 0.4) is 0 Å². The van der Waals surface area contributed by atoms with Crippen LogP contribution >= 0.6 is 0 Å². The third-order valence-corrected chi connectivity index (χ3v) is 4.75. The average Bonchev–Trinajstić information content (AvgIpc) is 3.39. The van der Waals surface area contributed by atoms with Gasteiger partial charge in [-0.2, -0.15) is 10.1 Å². The van der Waals surface area contributed by atoms with E-state index in [0.717, 1.165) is 16.8 Å². The Kier molecular flexibility index (Phi) is 6.26. The number of nitrogen functional groups attached to an aromatic ring is 1. The number of furan rings is 1. The molecule has 0 aromatic carbocycles. The van der Waals surface area contributed by atoms with Gasteiger partial charge in [0.05, 0.1) is 30.4 Å². The van der Waals surface area contributed by atoms with Crippen LogP contribution in [0.15, 0.2) is 40.9 Å². The molecule has 0 aliphatic carbocycles. The summed E-state index contributed by atoms with van der Waals surface area (Å²) in [6.07, 6.45) is 3.19. The number of anilines is 1. The number of carbonyl (C=O) groups is 1. The number of hydroxylamine groups is 1. The fourth-order valence-corrected chi connectivity index (χ4v) is 3.24. The molecule has 166 valence electrons. The van der Waals surface area contributed by atoms with Crippen LogP contribution in [0, 0.1) is 6.92 Å². The summed E-state index contributed by atoms with van der Waals surface area (Å²) in [4.78, 5) is 24.2. The van der Waals surface area contributed by atoms with E-state index in [1.807, 2.05) is 31.2 Å². The summed E-state index contributed by atoms with van der Waals surface area (Å²) in [6.45, 7) is 2.64. The molecule has 11 heteroatoms. The van der Waals surface area contributed by atoms with Crippen LogP contribution in [0.1, 0.15) is 30.7 Å². The third-order valence-electron chi connectivity index (χ3n) is 4.75. The Hall–Kier alpha value is -3.99. The lowest BCUT2D eigenvalue weighted by atomic mass is 10.2. The molecule has 32 heavy (non-hydrogen) atoms. The summed E-state index contributed by atoms with van der Waals surface area (Å²) >= 11 is 0. The van der Waals surface area contributed by atoms with Crippen molar-refractivity contribution in [3.63, 3.8) is 0 Å². The molecule has 11 nitrogen and oxygen atoms in total. The fourth-order valence-electron chi connectivity index (χ4n) is 3.24. The van der Waals surface area contributed by atoms with Crippen molar-refractivity contribution >= 4 is 22.9 Å². The van der Waals surface area contributed by atoms with E-state index < -0.39 is 5.91 Å². The first kappa shape index (κ1) is 21.2. The number of nitrogens with zero attached hydrogens (tertiary/aromatic N) is 5. The molecule has 0 saturated heterocycles. The number of pyridine rings is 1. The average molecular weight is 437 g/mol. The minimum atomic E-state index is -0.411. The van der Waals surface area contributed by atoms with Crippen molar-refractivity contribution in [1.29, 1.82) is 0 Å². The first-order valence-electron chi connectivity index (χ1n) is 10.1. The lowest BCUT2D eigenvalue weighted by Crippen LogP contribution is -2.18. The summed E-state index contributed by atoms with van der Waals surface area (Å²) in [6, 6.07) is 9.19. The van der Waals surface area contributed by atoms with Gasteiger partial charge < -0.3 is 14.9 Å². The van der Waals surface area contributed by atoms with E-state index in [-0.39, 0.29) is 12.4 Å². The quantitative estimate of drug-likeness (QED) is 0.203. The minimum absolute atomic E-state index is 0.128. The van der Waals surface area contributed by atoms with E-state index in [1.54, 1.807) is 22.4 Å². The van der Waals surface area contributed by atoms with Crippen molar-refractivity contribution in [1.82, 2.24) is 30.2 Å². The van der Waals surface area contributed by atoms with Gasteiger partial charge in [-0.05, 0) is 38.0 Å². The van der Waals surface area contributed by atoms with Gasteiger partial charge in [-0.1, -0.05) is 6.07 Å². The molecule has 4 rings (SSSR count). The first-order valence-corrected chi connectivity index (χ1v) is 10.1. The molecular formula is C21H23N7O4. The Morgan fingerprint density at radius 1 is 1.22 bits per heavy atom. The molecule has 0 aliphatic rings. The number of ether oxygens (including phenoxy) is 1. The molecule has 0 saturated carbocycles. The van der Waals surface area contributed by atoms with Gasteiger partial charge in [0.1, 0.15) is 11.5 Å². The van der Waals surface area contributed by atoms with Gasteiger partial charge in [-0.15, -0.1) is 0 Å². The van der Waals surface area contributed by atoms with Crippen LogP contribution in [0.5, 0.6) is 5.88 Å². The zero-order valence-corrected chi connectivity index (χ0v) is 17.5. The largest absolute Gasteiger partial charge is 0.478 e. The summed E-state index contributed by atoms with van der Waals surface area (Å²) < 4.78 is 13.1. The lowest BCUT2D eigenvalue weighted by molar-refractivity contribution is -0.129. The molecule has 0 atom stereocenters. The first-order chi connectivity index (χ1) is 15.5. The smallest absolute Gasteiger partial charge is 0.243 e. The Balaban J connectivity index is 1.47. The van der Waals surface area contributed by atoms with Gasteiger partial charge in [0.25, 0.3) is 0 Å². The Morgan fingerprint density at radius 3 is 2.88 bits per heavy atom. The molecule has 0 bridgehead atoms. The highest BCUT2D eigenvalue weighted by Crippen LogP contribution is 2.28. The van der Waals surface area contributed by atoms with Crippen molar-refractivity contribution in [2.24, 2.45) is 0 Å². The number of unbranched alkanes of at least 4 members (excludes halogenated alkanes) is 1. The monoisotopic (exact) mass is 437 g/mol. The molecule has 0 radical (unpaired) electrons. The minimum Gasteiger partial charge on any atom is -0.478 e. The van der Waals surface area contributed by atoms with Gasteiger partial charge in [0.2, 0.25) is 17.7 Å². The third kappa shape index (κ3) is 4.83. The summed E-state index contributed by atoms with van der Waals surface area (Å²) in [7, 11) is 0. The van der Waals surface area contributed by atoms with Gasteiger partial charge in [0, 0.05) is 12.5 Å². The van der Waals surface area contributed by atoms with Crippen LogP contribution in [-0.4, -0.2) is 42.5 Å². The second-order valence-electron chi connectivity index (χ2n) is 7.19. The standard InChI is InChI=1S/C21H23N7O4/c1-13-8-9-16(32-13)19-15-11-23-28(20(15)26-21(22)25-19)12-14-5-4-7-18(24-14)31-10-3-2-6-17(29)27-30/h4-5,7-9,11,30H,2-3,6,10,12H2,1H3,(H,27,29)(H2,22,25,26).